The van der Waals surface area contributed by atoms with Gasteiger partial charge in [0, 0.05) is 16.4 Å². The number of carboxylic acids is 1. The van der Waals surface area contributed by atoms with Crippen LogP contribution < -0.4 is 10.1 Å². The number of amides is 1. The summed E-state index contributed by atoms with van der Waals surface area (Å²) in [6.45, 7) is 0.330. The minimum atomic E-state index is -0.796. The van der Waals surface area contributed by atoms with Crippen molar-refractivity contribution in [3.8, 4) is 5.75 Å². The highest BCUT2D eigenvalue weighted by molar-refractivity contribution is 7.09. The first-order valence-corrected chi connectivity index (χ1v) is 9.09. The molecule has 0 atom stereocenters. The monoisotopic (exact) mass is 380 g/mol. The Morgan fingerprint density at radius 2 is 2.04 bits per heavy atom. The Hall–Kier alpha value is -2.12. The van der Waals surface area contributed by atoms with Crippen molar-refractivity contribution in [2.75, 3.05) is 0 Å². The number of nitrogens with one attached hydrogen (secondary N) is 1. The van der Waals surface area contributed by atoms with Crippen molar-refractivity contribution in [1.29, 1.82) is 0 Å². The molecule has 0 unspecified atom stereocenters. The normalized spacial score (nSPS) is 19.1. The Morgan fingerprint density at radius 1 is 1.32 bits per heavy atom. The van der Waals surface area contributed by atoms with E-state index in [9.17, 15) is 9.59 Å². The number of nitrogens with zero attached hydrogens (tertiary/aromatic N) is 1. The second kappa shape index (κ2) is 7.84. The van der Waals surface area contributed by atoms with E-state index in [-0.39, 0.29) is 24.3 Å². The van der Waals surface area contributed by atoms with E-state index in [0.717, 1.165) is 5.01 Å². The van der Waals surface area contributed by atoms with Crippen LogP contribution in [0.25, 0.3) is 0 Å². The third-order valence-corrected chi connectivity index (χ3v) is 5.09. The minimum Gasteiger partial charge on any atom is -0.486 e. The Kier molecular flexibility index (Phi) is 5.55. The van der Waals surface area contributed by atoms with Gasteiger partial charge in [-0.25, -0.2) is 4.98 Å². The molecule has 2 aromatic rings. The van der Waals surface area contributed by atoms with Crippen molar-refractivity contribution in [1.82, 2.24) is 10.3 Å². The molecule has 132 valence electrons. The number of carbonyl (C=O) groups is 2. The average Bonchev–Trinajstić information content (AvgIpc) is 2.97. The van der Waals surface area contributed by atoms with Crippen LogP contribution in [0, 0.1) is 5.92 Å². The van der Waals surface area contributed by atoms with E-state index in [1.165, 1.54) is 11.3 Å². The topological polar surface area (TPSA) is 88.5 Å². The summed E-state index contributed by atoms with van der Waals surface area (Å²) in [7, 11) is 0. The van der Waals surface area contributed by atoms with Crippen LogP contribution in [-0.4, -0.2) is 28.0 Å². The molecule has 1 aliphatic carbocycles. The molecule has 1 aromatic carbocycles. The number of halogens is 1. The van der Waals surface area contributed by atoms with Crippen LogP contribution in [0.2, 0.25) is 5.02 Å². The molecule has 6 nitrogen and oxygen atoms in total. The van der Waals surface area contributed by atoms with Gasteiger partial charge < -0.3 is 15.2 Å². The number of rotatable bonds is 7. The van der Waals surface area contributed by atoms with Gasteiger partial charge in [-0.05, 0) is 37.1 Å². The first-order valence-electron chi connectivity index (χ1n) is 7.83. The van der Waals surface area contributed by atoms with Crippen molar-refractivity contribution in [3.05, 3.63) is 45.4 Å². The number of hydrogen-bond acceptors (Lipinski definition) is 5. The largest absolute Gasteiger partial charge is 0.486 e. The van der Waals surface area contributed by atoms with Gasteiger partial charge in [0.25, 0.3) is 0 Å². The van der Waals surface area contributed by atoms with Crippen LogP contribution in [-0.2, 0) is 22.6 Å². The number of carboxylic acid groups (broad SMARTS) is 1. The van der Waals surface area contributed by atoms with Crippen molar-refractivity contribution in [2.24, 2.45) is 5.92 Å². The molecule has 0 aliphatic heterocycles. The lowest BCUT2D eigenvalue weighted by atomic mass is 9.80. The Morgan fingerprint density at radius 3 is 2.72 bits per heavy atom. The Labute approximate surface area is 153 Å². The molecule has 3 rings (SSSR count). The summed E-state index contributed by atoms with van der Waals surface area (Å²) < 4.78 is 5.62. The predicted octanol–water partition coefficient (Wildman–Crippen LogP) is 2.90. The second-order valence-electron chi connectivity index (χ2n) is 5.92. The summed E-state index contributed by atoms with van der Waals surface area (Å²) in [5.74, 6) is -0.558. The zero-order valence-electron chi connectivity index (χ0n) is 13.3. The summed E-state index contributed by atoms with van der Waals surface area (Å²) in [5, 5.41) is 14.9. The van der Waals surface area contributed by atoms with E-state index >= 15 is 0 Å². The maximum absolute atomic E-state index is 12.0. The predicted molar refractivity (Wildman–Crippen MR) is 93.9 cm³/mol. The van der Waals surface area contributed by atoms with E-state index in [4.69, 9.17) is 21.4 Å². The van der Waals surface area contributed by atoms with E-state index in [1.807, 2.05) is 5.38 Å². The molecule has 1 fully saturated rings. The van der Waals surface area contributed by atoms with Crippen LogP contribution in [0.4, 0.5) is 0 Å². The third kappa shape index (κ3) is 4.93. The van der Waals surface area contributed by atoms with Gasteiger partial charge in [-0.2, -0.15) is 0 Å². The van der Waals surface area contributed by atoms with Crippen molar-refractivity contribution < 1.29 is 19.4 Å². The zero-order chi connectivity index (χ0) is 17.8. The molecular formula is C17H17ClN2O4S. The maximum atomic E-state index is 12.0. The summed E-state index contributed by atoms with van der Waals surface area (Å²) in [4.78, 5) is 27.1. The quantitative estimate of drug-likeness (QED) is 0.771. The molecule has 1 heterocycles. The lowest BCUT2D eigenvalue weighted by Crippen LogP contribution is -2.47. The molecule has 0 saturated heterocycles. The van der Waals surface area contributed by atoms with Gasteiger partial charge in [-0.15, -0.1) is 11.3 Å². The van der Waals surface area contributed by atoms with E-state index in [0.29, 0.717) is 35.9 Å². The molecule has 1 aliphatic rings. The van der Waals surface area contributed by atoms with Crippen LogP contribution >= 0.6 is 22.9 Å². The van der Waals surface area contributed by atoms with E-state index in [2.05, 4.69) is 10.3 Å². The minimum absolute atomic E-state index is 0.0417. The number of benzene rings is 1. The SMILES string of the molecule is O=C(Cc1csc(COc2ccc(Cl)cc2)n1)NC1CC(C(=O)O)C1. The number of aromatic nitrogens is 1. The first kappa shape index (κ1) is 17.7. The summed E-state index contributed by atoms with van der Waals surface area (Å²) in [6, 6.07) is 7.04. The molecule has 1 saturated carbocycles. The number of carbonyl (C=O) groups excluding carboxylic acids is 1. The Bertz CT molecular complexity index is 756. The highest BCUT2D eigenvalue weighted by atomic mass is 35.5. The fraction of sp³-hybridized carbons (Fsp3) is 0.353. The molecule has 1 aromatic heterocycles. The molecule has 0 radical (unpaired) electrons. The van der Waals surface area contributed by atoms with Gasteiger partial charge in [0.15, 0.2) is 0 Å². The number of aliphatic carboxylic acids is 1. The summed E-state index contributed by atoms with van der Waals surface area (Å²) >= 11 is 7.26. The molecule has 8 heteroatoms. The third-order valence-electron chi connectivity index (χ3n) is 3.97. The van der Waals surface area contributed by atoms with Gasteiger partial charge >= 0.3 is 5.97 Å². The van der Waals surface area contributed by atoms with Gasteiger partial charge in [0.2, 0.25) is 5.91 Å². The number of thiazole rings is 1. The van der Waals surface area contributed by atoms with Crippen LogP contribution in [0.5, 0.6) is 5.75 Å². The number of ether oxygens (including phenoxy) is 1. The van der Waals surface area contributed by atoms with Crippen molar-refractivity contribution >= 4 is 34.8 Å². The van der Waals surface area contributed by atoms with E-state index in [1.54, 1.807) is 24.3 Å². The molecule has 2 N–H and O–H groups in total. The molecule has 1 amide bonds. The zero-order valence-corrected chi connectivity index (χ0v) is 14.8. The first-order chi connectivity index (χ1) is 12.0. The van der Waals surface area contributed by atoms with Crippen LogP contribution in [0.3, 0.4) is 0 Å². The molecule has 0 spiro atoms. The maximum Gasteiger partial charge on any atom is 0.306 e. The highest BCUT2D eigenvalue weighted by Crippen LogP contribution is 2.27. The van der Waals surface area contributed by atoms with Gasteiger partial charge in [0.1, 0.15) is 17.4 Å². The van der Waals surface area contributed by atoms with Crippen molar-refractivity contribution in [3.63, 3.8) is 0 Å². The van der Waals surface area contributed by atoms with Crippen LogP contribution in [0.15, 0.2) is 29.6 Å². The van der Waals surface area contributed by atoms with Gasteiger partial charge in [-0.1, -0.05) is 11.6 Å². The summed E-state index contributed by atoms with van der Waals surface area (Å²) in [5.41, 5.74) is 0.686. The molecule has 0 bridgehead atoms. The highest BCUT2D eigenvalue weighted by Gasteiger charge is 2.35. The van der Waals surface area contributed by atoms with Crippen LogP contribution in [0.1, 0.15) is 23.5 Å². The molecule has 25 heavy (non-hydrogen) atoms. The lowest BCUT2D eigenvalue weighted by molar-refractivity contribution is -0.146. The average molecular weight is 381 g/mol. The molecular weight excluding hydrogens is 364 g/mol. The smallest absolute Gasteiger partial charge is 0.306 e. The van der Waals surface area contributed by atoms with Crippen molar-refractivity contribution in [2.45, 2.75) is 31.9 Å². The number of hydrogen-bond donors (Lipinski definition) is 2. The Balaban J connectivity index is 1.43. The second-order valence-corrected chi connectivity index (χ2v) is 7.30. The lowest BCUT2D eigenvalue weighted by Gasteiger charge is -2.32. The fourth-order valence-electron chi connectivity index (χ4n) is 2.55. The van der Waals surface area contributed by atoms with E-state index < -0.39 is 5.97 Å². The fourth-order valence-corrected chi connectivity index (χ4v) is 3.38. The van der Waals surface area contributed by atoms with Gasteiger partial charge in [0.05, 0.1) is 18.0 Å². The summed E-state index contributed by atoms with van der Waals surface area (Å²) in [6.07, 6.45) is 1.18. The van der Waals surface area contributed by atoms with Gasteiger partial charge in [-0.3, -0.25) is 9.59 Å². The standard InChI is InChI=1S/C17H17ClN2O4S/c18-11-1-3-14(4-2-11)24-8-16-20-13(9-25-16)7-15(21)19-12-5-10(6-12)17(22)23/h1-4,9-10,12H,5-8H2,(H,19,21)(H,22,23).